The molecule has 5 nitrogen and oxygen atoms in total. The summed E-state index contributed by atoms with van der Waals surface area (Å²) >= 11 is 0. The van der Waals surface area contributed by atoms with Gasteiger partial charge < -0.3 is 10.1 Å². The highest BCUT2D eigenvalue weighted by molar-refractivity contribution is 7.93. The zero-order valence-corrected chi connectivity index (χ0v) is 11.4. The zero-order chi connectivity index (χ0) is 13.2. The van der Waals surface area contributed by atoms with Gasteiger partial charge in [-0.05, 0) is 31.2 Å². The predicted molar refractivity (Wildman–Crippen MR) is 69.8 cm³/mol. The number of nitrogens with two attached hydrogens (primary N) is 1. The Hall–Kier alpha value is -0.850. The quantitative estimate of drug-likeness (QED) is 0.809. The van der Waals surface area contributed by atoms with Crippen molar-refractivity contribution in [2.24, 2.45) is 11.1 Å². The molecule has 6 heteroatoms. The lowest BCUT2D eigenvalue weighted by Crippen LogP contribution is -2.56. The smallest absolute Gasteiger partial charge is 0.238 e. The van der Waals surface area contributed by atoms with Crippen molar-refractivity contribution in [1.82, 2.24) is 5.32 Å². The van der Waals surface area contributed by atoms with E-state index in [2.05, 4.69) is 5.32 Å². The Morgan fingerprint density at radius 3 is 2.61 bits per heavy atom. The summed E-state index contributed by atoms with van der Waals surface area (Å²) in [6, 6.07) is 0. The van der Waals surface area contributed by atoms with E-state index in [0.29, 0.717) is 0 Å². The van der Waals surface area contributed by atoms with Crippen molar-refractivity contribution >= 4 is 10.0 Å². The van der Waals surface area contributed by atoms with Gasteiger partial charge in [0.2, 0.25) is 10.0 Å². The minimum atomic E-state index is -3.77. The fourth-order valence-corrected chi connectivity index (χ4v) is 3.96. The van der Waals surface area contributed by atoms with Gasteiger partial charge in [-0.3, -0.25) is 0 Å². The summed E-state index contributed by atoms with van der Waals surface area (Å²) < 4.78 is 29.1. The predicted octanol–water partition coefficient (Wildman–Crippen LogP) is 1.20. The van der Waals surface area contributed by atoms with Crippen molar-refractivity contribution in [3.05, 3.63) is 23.3 Å². The van der Waals surface area contributed by atoms with Gasteiger partial charge in [-0.15, -0.1) is 0 Å². The maximum atomic E-state index is 11.8. The fraction of sp³-hybridized carbons (Fsp3) is 0.667. The molecule has 3 N–H and O–H groups in total. The minimum absolute atomic E-state index is 0.130. The van der Waals surface area contributed by atoms with E-state index >= 15 is 0 Å². The average molecular weight is 272 g/mol. The van der Waals surface area contributed by atoms with E-state index < -0.39 is 15.7 Å². The Bertz CT molecular complexity index is 464. The van der Waals surface area contributed by atoms with Crippen LogP contribution in [0.25, 0.3) is 0 Å². The Labute approximate surface area is 108 Å². The van der Waals surface area contributed by atoms with Crippen molar-refractivity contribution in [3.8, 4) is 0 Å². The highest BCUT2D eigenvalue weighted by Gasteiger charge is 2.47. The highest BCUT2D eigenvalue weighted by atomic mass is 32.2. The van der Waals surface area contributed by atoms with Crippen molar-refractivity contribution < 1.29 is 13.2 Å². The summed E-state index contributed by atoms with van der Waals surface area (Å²) in [4.78, 5) is 0.131. The van der Waals surface area contributed by atoms with Crippen LogP contribution < -0.4 is 10.5 Å². The van der Waals surface area contributed by atoms with Crippen LogP contribution in [0, 0.1) is 5.92 Å². The first-order valence-corrected chi connectivity index (χ1v) is 7.78. The molecule has 0 bridgehead atoms. The number of ether oxygens (including phenoxy) is 1. The maximum absolute atomic E-state index is 11.8. The molecule has 102 valence electrons. The number of allylic oxidation sites excluding steroid dienone is 2. The number of primary sulfonamides is 1. The summed E-state index contributed by atoms with van der Waals surface area (Å²) in [5.74, 6) is 0.130. The van der Waals surface area contributed by atoms with Gasteiger partial charge in [0.25, 0.3) is 0 Å². The third-order valence-corrected chi connectivity index (χ3v) is 4.87. The molecule has 1 atom stereocenters. The number of dihydropyridines is 1. The Kier molecular flexibility index (Phi) is 3.79. The molecule has 1 aliphatic heterocycles. The first kappa shape index (κ1) is 13.6. The third-order valence-electron chi connectivity index (χ3n) is 3.82. The molecule has 18 heavy (non-hydrogen) atoms. The van der Waals surface area contributed by atoms with Gasteiger partial charge in [-0.25, -0.2) is 13.6 Å². The van der Waals surface area contributed by atoms with Crippen molar-refractivity contribution in [3.63, 3.8) is 0 Å². The molecule has 0 spiro atoms. The second-order valence-electron chi connectivity index (χ2n) is 4.85. The van der Waals surface area contributed by atoms with Crippen LogP contribution >= 0.6 is 0 Å². The van der Waals surface area contributed by atoms with E-state index in [1.807, 2.05) is 0 Å². The molecule has 0 aromatic heterocycles. The number of nitrogens with one attached hydrogen (secondary N) is 1. The van der Waals surface area contributed by atoms with Crippen LogP contribution in [-0.2, 0) is 14.8 Å². The van der Waals surface area contributed by atoms with Crippen LogP contribution in [-0.4, -0.2) is 21.3 Å². The number of hydrogen-bond acceptors (Lipinski definition) is 4. The van der Waals surface area contributed by atoms with Crippen molar-refractivity contribution in [2.75, 3.05) is 7.11 Å². The molecule has 2 aliphatic rings. The third kappa shape index (κ3) is 2.32. The lowest BCUT2D eigenvalue weighted by Gasteiger charge is -2.43. The normalized spacial score (nSPS) is 29.8. The van der Waals surface area contributed by atoms with Gasteiger partial charge in [0.05, 0.1) is 0 Å². The molecule has 1 unspecified atom stereocenters. The fourth-order valence-electron chi connectivity index (χ4n) is 2.96. The molecule has 2 rings (SSSR count). The second-order valence-corrected chi connectivity index (χ2v) is 6.38. The number of rotatable bonds is 3. The maximum Gasteiger partial charge on any atom is 0.238 e. The van der Waals surface area contributed by atoms with E-state index in [4.69, 9.17) is 9.88 Å². The molecule has 1 aliphatic carbocycles. The van der Waals surface area contributed by atoms with Crippen molar-refractivity contribution in [1.29, 1.82) is 0 Å². The molecule has 0 radical (unpaired) electrons. The molecular formula is C12H20N2O3S. The topological polar surface area (TPSA) is 81.4 Å². The lowest BCUT2D eigenvalue weighted by molar-refractivity contribution is -0.0518. The summed E-state index contributed by atoms with van der Waals surface area (Å²) in [6.07, 6.45) is 10.2. The van der Waals surface area contributed by atoms with Crippen LogP contribution in [0.15, 0.2) is 23.3 Å². The van der Waals surface area contributed by atoms with Crippen LogP contribution in [0.3, 0.4) is 0 Å². The summed E-state index contributed by atoms with van der Waals surface area (Å²) in [5, 5.41) is 8.40. The second kappa shape index (κ2) is 5.03. The molecule has 0 saturated heterocycles. The molecule has 1 fully saturated rings. The van der Waals surface area contributed by atoms with Crippen LogP contribution in [0.2, 0.25) is 0 Å². The standard InChI is InChI=1S/C12H20N2O3S/c1-17-12(10-6-3-2-4-7-10)11(18(13,15)16)8-5-9-14-12/h5,8-10,14H,2-4,6-7H2,1H3,(H2,13,15,16). The molecule has 0 amide bonds. The Balaban J connectivity index is 2.41. The van der Waals surface area contributed by atoms with Gasteiger partial charge in [0, 0.05) is 13.0 Å². The molecule has 0 aromatic rings. The van der Waals surface area contributed by atoms with Crippen LogP contribution in [0.5, 0.6) is 0 Å². The number of methoxy groups -OCH3 is 1. The number of hydrogen-bond donors (Lipinski definition) is 2. The van der Waals surface area contributed by atoms with Crippen LogP contribution in [0.1, 0.15) is 32.1 Å². The summed E-state index contributed by atoms with van der Waals surface area (Å²) in [7, 11) is -2.24. The van der Waals surface area contributed by atoms with E-state index in [0.717, 1.165) is 25.7 Å². The highest BCUT2D eigenvalue weighted by Crippen LogP contribution is 2.40. The number of sulfonamides is 1. The van der Waals surface area contributed by atoms with E-state index in [9.17, 15) is 8.42 Å². The lowest BCUT2D eigenvalue weighted by atomic mass is 9.80. The average Bonchev–Trinajstić information content (AvgIpc) is 2.38. The Morgan fingerprint density at radius 2 is 2.06 bits per heavy atom. The molecule has 1 saturated carbocycles. The minimum Gasteiger partial charge on any atom is -0.359 e. The largest absolute Gasteiger partial charge is 0.359 e. The molecule has 0 aromatic carbocycles. The SMILES string of the molecule is COC1(C2CCCCC2)NC=CC=C1S(N)(=O)=O. The van der Waals surface area contributed by atoms with Crippen LogP contribution in [0.4, 0.5) is 0 Å². The Morgan fingerprint density at radius 1 is 1.39 bits per heavy atom. The van der Waals surface area contributed by atoms with Gasteiger partial charge in [0.15, 0.2) is 5.72 Å². The van der Waals surface area contributed by atoms with Gasteiger partial charge in [0.1, 0.15) is 4.91 Å². The van der Waals surface area contributed by atoms with Gasteiger partial charge in [-0.2, -0.15) is 0 Å². The molecular weight excluding hydrogens is 252 g/mol. The van der Waals surface area contributed by atoms with E-state index in [1.54, 1.807) is 12.3 Å². The zero-order valence-electron chi connectivity index (χ0n) is 10.6. The van der Waals surface area contributed by atoms with E-state index in [-0.39, 0.29) is 10.8 Å². The monoisotopic (exact) mass is 272 g/mol. The van der Waals surface area contributed by atoms with Crippen molar-refractivity contribution in [2.45, 2.75) is 37.8 Å². The molecule has 1 heterocycles. The first-order chi connectivity index (χ1) is 8.50. The first-order valence-electron chi connectivity index (χ1n) is 6.23. The van der Waals surface area contributed by atoms with Gasteiger partial charge in [-0.1, -0.05) is 19.3 Å². The summed E-state index contributed by atoms with van der Waals surface area (Å²) in [6.45, 7) is 0. The summed E-state index contributed by atoms with van der Waals surface area (Å²) in [5.41, 5.74) is -0.997. The van der Waals surface area contributed by atoms with Gasteiger partial charge >= 0.3 is 0 Å². The van der Waals surface area contributed by atoms with E-state index in [1.165, 1.54) is 19.6 Å².